The summed E-state index contributed by atoms with van der Waals surface area (Å²) in [6.45, 7) is 2.80. The predicted octanol–water partition coefficient (Wildman–Crippen LogP) is 4.15. The lowest BCUT2D eigenvalue weighted by Gasteiger charge is -2.09. The standard InChI is InChI=1S/C26H26N4O3S/c1-19-7-12-23(33-19)17-29-25(32)21-8-10-22(11-9-21)30-16-15-28-26(30)34-18-24(31)27-14-13-20-5-3-2-4-6-20/h2-12,15-16H,13-14,17-18H2,1H3,(H,27,31)(H,29,32). The zero-order valence-corrected chi connectivity index (χ0v) is 19.7. The number of thioether (sulfide) groups is 1. The van der Waals surface area contributed by atoms with Crippen molar-refractivity contribution in [2.24, 2.45) is 0 Å². The normalized spacial score (nSPS) is 10.7. The lowest BCUT2D eigenvalue weighted by molar-refractivity contribution is -0.118. The molecule has 2 N–H and O–H groups in total. The van der Waals surface area contributed by atoms with E-state index in [4.69, 9.17) is 4.42 Å². The highest BCUT2D eigenvalue weighted by Gasteiger charge is 2.11. The lowest BCUT2D eigenvalue weighted by atomic mass is 10.1. The summed E-state index contributed by atoms with van der Waals surface area (Å²) in [6, 6.07) is 21.0. The van der Waals surface area contributed by atoms with E-state index in [-0.39, 0.29) is 17.6 Å². The van der Waals surface area contributed by atoms with E-state index in [2.05, 4.69) is 15.6 Å². The Bertz CT molecular complexity index is 1230. The predicted molar refractivity (Wildman–Crippen MR) is 132 cm³/mol. The highest BCUT2D eigenvalue weighted by molar-refractivity contribution is 7.99. The van der Waals surface area contributed by atoms with E-state index in [1.165, 1.54) is 17.3 Å². The summed E-state index contributed by atoms with van der Waals surface area (Å²) in [5, 5.41) is 6.52. The quantitative estimate of drug-likeness (QED) is 0.337. The minimum absolute atomic E-state index is 0.0331. The highest BCUT2D eigenvalue weighted by atomic mass is 32.2. The zero-order chi connectivity index (χ0) is 23.8. The summed E-state index contributed by atoms with van der Waals surface area (Å²) in [5.74, 6) is 1.60. The van der Waals surface area contributed by atoms with Crippen LogP contribution in [-0.2, 0) is 17.8 Å². The van der Waals surface area contributed by atoms with Crippen molar-refractivity contribution in [3.63, 3.8) is 0 Å². The topological polar surface area (TPSA) is 89.2 Å². The summed E-state index contributed by atoms with van der Waals surface area (Å²) < 4.78 is 7.37. The first kappa shape index (κ1) is 23.4. The van der Waals surface area contributed by atoms with Crippen molar-refractivity contribution < 1.29 is 14.0 Å². The van der Waals surface area contributed by atoms with E-state index < -0.39 is 0 Å². The molecule has 0 saturated carbocycles. The largest absolute Gasteiger partial charge is 0.465 e. The molecule has 2 aromatic heterocycles. The number of furan rings is 1. The molecule has 0 unspecified atom stereocenters. The van der Waals surface area contributed by atoms with Gasteiger partial charge in [-0.3, -0.25) is 14.2 Å². The number of hydrogen-bond donors (Lipinski definition) is 2. The second-order valence-electron chi connectivity index (χ2n) is 7.70. The number of aryl methyl sites for hydroxylation is 1. The third kappa shape index (κ3) is 6.39. The van der Waals surface area contributed by atoms with Crippen LogP contribution in [0.5, 0.6) is 0 Å². The van der Waals surface area contributed by atoms with Crippen LogP contribution in [0.25, 0.3) is 5.69 Å². The van der Waals surface area contributed by atoms with E-state index >= 15 is 0 Å². The molecule has 0 radical (unpaired) electrons. The molecule has 8 heteroatoms. The van der Waals surface area contributed by atoms with E-state index in [1.807, 2.05) is 72.3 Å². The molecule has 34 heavy (non-hydrogen) atoms. The van der Waals surface area contributed by atoms with Gasteiger partial charge < -0.3 is 15.1 Å². The third-order valence-corrected chi connectivity index (χ3v) is 6.11. The molecule has 2 heterocycles. The zero-order valence-electron chi connectivity index (χ0n) is 18.9. The Hall–Kier alpha value is -3.78. The molecular formula is C26H26N4O3S. The van der Waals surface area contributed by atoms with Gasteiger partial charge in [-0.1, -0.05) is 42.1 Å². The van der Waals surface area contributed by atoms with Crippen LogP contribution in [0.1, 0.15) is 27.4 Å². The molecule has 0 spiro atoms. The molecule has 0 fully saturated rings. The molecule has 0 aliphatic heterocycles. The van der Waals surface area contributed by atoms with Gasteiger partial charge in [0, 0.05) is 30.2 Å². The van der Waals surface area contributed by atoms with Crippen molar-refractivity contribution >= 4 is 23.6 Å². The van der Waals surface area contributed by atoms with Gasteiger partial charge in [0.25, 0.3) is 5.91 Å². The minimum atomic E-state index is -0.173. The molecule has 0 aliphatic carbocycles. The first-order valence-corrected chi connectivity index (χ1v) is 12.0. The average molecular weight is 475 g/mol. The van der Waals surface area contributed by atoms with Gasteiger partial charge in [0.1, 0.15) is 11.5 Å². The van der Waals surface area contributed by atoms with Crippen LogP contribution in [0.4, 0.5) is 0 Å². The summed E-state index contributed by atoms with van der Waals surface area (Å²) in [6.07, 6.45) is 4.33. The minimum Gasteiger partial charge on any atom is -0.465 e. The maximum Gasteiger partial charge on any atom is 0.251 e. The number of nitrogens with one attached hydrogen (secondary N) is 2. The number of amides is 2. The number of rotatable bonds is 10. The highest BCUT2D eigenvalue weighted by Crippen LogP contribution is 2.20. The molecular weight excluding hydrogens is 448 g/mol. The van der Waals surface area contributed by atoms with Crippen molar-refractivity contribution in [1.82, 2.24) is 20.2 Å². The summed E-state index contributed by atoms with van der Waals surface area (Å²) in [4.78, 5) is 29.0. The molecule has 4 rings (SSSR count). The van der Waals surface area contributed by atoms with E-state index in [0.717, 1.165) is 17.9 Å². The van der Waals surface area contributed by atoms with Crippen molar-refractivity contribution in [3.05, 3.63) is 102 Å². The van der Waals surface area contributed by atoms with Gasteiger partial charge in [-0.15, -0.1) is 0 Å². The van der Waals surface area contributed by atoms with Crippen LogP contribution in [0.3, 0.4) is 0 Å². The van der Waals surface area contributed by atoms with Crippen LogP contribution in [-0.4, -0.2) is 33.7 Å². The van der Waals surface area contributed by atoms with Crippen LogP contribution in [0, 0.1) is 6.92 Å². The van der Waals surface area contributed by atoms with Gasteiger partial charge in [0.05, 0.1) is 12.3 Å². The van der Waals surface area contributed by atoms with Crippen molar-refractivity contribution in [1.29, 1.82) is 0 Å². The molecule has 0 atom stereocenters. The van der Waals surface area contributed by atoms with Crippen LogP contribution in [0.15, 0.2) is 88.7 Å². The summed E-state index contributed by atoms with van der Waals surface area (Å²) in [7, 11) is 0. The third-order valence-electron chi connectivity index (χ3n) is 5.14. The van der Waals surface area contributed by atoms with Crippen LogP contribution in [0.2, 0.25) is 0 Å². The molecule has 2 amide bonds. The Morgan fingerprint density at radius 2 is 1.79 bits per heavy atom. The van der Waals surface area contributed by atoms with Gasteiger partial charge in [-0.2, -0.15) is 0 Å². The fourth-order valence-electron chi connectivity index (χ4n) is 3.39. The van der Waals surface area contributed by atoms with Gasteiger partial charge in [0.15, 0.2) is 5.16 Å². The number of imidazole rings is 1. The number of aromatic nitrogens is 2. The van der Waals surface area contributed by atoms with Crippen molar-refractivity contribution in [3.8, 4) is 5.69 Å². The second kappa shape index (κ2) is 11.4. The monoisotopic (exact) mass is 474 g/mol. The maximum atomic E-state index is 12.4. The number of nitrogens with zero attached hydrogens (tertiary/aromatic N) is 2. The first-order valence-electron chi connectivity index (χ1n) is 11.0. The molecule has 0 aliphatic rings. The molecule has 0 bridgehead atoms. The molecule has 0 saturated heterocycles. The first-order chi connectivity index (χ1) is 16.6. The maximum absolute atomic E-state index is 12.4. The molecule has 174 valence electrons. The van der Waals surface area contributed by atoms with Crippen LogP contribution < -0.4 is 10.6 Å². The Morgan fingerprint density at radius 3 is 2.53 bits per heavy atom. The lowest BCUT2D eigenvalue weighted by Crippen LogP contribution is -2.27. The fraction of sp³-hybridized carbons (Fsp3) is 0.192. The molecule has 7 nitrogen and oxygen atoms in total. The van der Waals surface area contributed by atoms with Gasteiger partial charge in [-0.25, -0.2) is 4.98 Å². The van der Waals surface area contributed by atoms with Gasteiger partial charge in [0.2, 0.25) is 5.91 Å². The smallest absolute Gasteiger partial charge is 0.251 e. The Balaban J connectivity index is 1.27. The Labute approximate surface area is 202 Å². The Morgan fingerprint density at radius 1 is 1.00 bits per heavy atom. The van der Waals surface area contributed by atoms with E-state index in [0.29, 0.717) is 29.6 Å². The number of carbonyl (C=O) groups is 2. The van der Waals surface area contributed by atoms with E-state index in [1.54, 1.807) is 18.3 Å². The second-order valence-corrected chi connectivity index (χ2v) is 8.64. The summed E-state index contributed by atoms with van der Waals surface area (Å²) in [5.41, 5.74) is 2.61. The Kier molecular flexibility index (Phi) is 7.83. The van der Waals surface area contributed by atoms with Crippen molar-refractivity contribution in [2.75, 3.05) is 12.3 Å². The number of benzene rings is 2. The fourth-order valence-corrected chi connectivity index (χ4v) is 4.19. The van der Waals surface area contributed by atoms with Crippen LogP contribution >= 0.6 is 11.8 Å². The van der Waals surface area contributed by atoms with E-state index in [9.17, 15) is 9.59 Å². The molecule has 2 aromatic carbocycles. The van der Waals surface area contributed by atoms with Gasteiger partial charge in [-0.05, 0) is 55.3 Å². The van der Waals surface area contributed by atoms with Gasteiger partial charge >= 0.3 is 0 Å². The summed E-state index contributed by atoms with van der Waals surface area (Å²) >= 11 is 1.37. The average Bonchev–Trinajstić information content (AvgIpc) is 3.50. The molecule has 4 aromatic rings. The van der Waals surface area contributed by atoms with Crippen molar-refractivity contribution in [2.45, 2.75) is 25.0 Å². The SMILES string of the molecule is Cc1ccc(CNC(=O)c2ccc(-n3ccnc3SCC(=O)NCCc3ccccc3)cc2)o1. The number of hydrogen-bond acceptors (Lipinski definition) is 5. The number of carbonyl (C=O) groups excluding carboxylic acids is 2.